The Morgan fingerprint density at radius 2 is 1.79 bits per heavy atom. The molecule has 0 saturated carbocycles. The van der Waals surface area contributed by atoms with Gasteiger partial charge in [-0.15, -0.1) is 11.3 Å². The van der Waals surface area contributed by atoms with Crippen molar-refractivity contribution >= 4 is 46.1 Å². The van der Waals surface area contributed by atoms with Gasteiger partial charge in [0.2, 0.25) is 0 Å². The first kappa shape index (κ1) is 15.1. The van der Waals surface area contributed by atoms with E-state index in [1.165, 1.54) is 4.88 Å². The Kier molecular flexibility index (Phi) is 5.55. The Morgan fingerprint density at radius 1 is 1.05 bits per heavy atom. The molecule has 1 aromatic heterocycles. The maximum absolute atomic E-state index is 6.22. The van der Waals surface area contributed by atoms with Gasteiger partial charge in [0.25, 0.3) is 0 Å². The Morgan fingerprint density at radius 3 is 2.53 bits per heavy atom. The van der Waals surface area contributed by atoms with Crippen LogP contribution < -0.4 is 5.32 Å². The van der Waals surface area contributed by atoms with Gasteiger partial charge in [-0.25, -0.2) is 0 Å². The lowest BCUT2D eigenvalue weighted by atomic mass is 10.2. The summed E-state index contributed by atoms with van der Waals surface area (Å²) in [4.78, 5) is 2.39. The number of thiophene rings is 1. The maximum Gasteiger partial charge on any atom is 0.0607 e. The van der Waals surface area contributed by atoms with Gasteiger partial charge in [-0.1, -0.05) is 41.7 Å². The standard InChI is InChI=1S/C14H14Cl3NS/c1-2-5-18-8-9-3-4-14(19-9)10-6-12(16)13(17)7-11(10)15/h3-4,6-7,18H,2,5,8H2,1H3. The molecule has 0 fully saturated rings. The molecule has 2 aromatic rings. The molecule has 0 amide bonds. The summed E-state index contributed by atoms with van der Waals surface area (Å²) in [6.45, 7) is 4.07. The second-order valence-corrected chi connectivity index (χ2v) is 6.58. The van der Waals surface area contributed by atoms with Gasteiger partial charge in [0.1, 0.15) is 0 Å². The first-order valence-corrected chi connectivity index (χ1v) is 8.01. The average Bonchev–Trinajstić information content (AvgIpc) is 2.83. The van der Waals surface area contributed by atoms with Crippen LogP contribution in [0.15, 0.2) is 24.3 Å². The second-order valence-electron chi connectivity index (χ2n) is 4.19. The molecule has 102 valence electrons. The van der Waals surface area contributed by atoms with E-state index >= 15 is 0 Å². The van der Waals surface area contributed by atoms with Crippen molar-refractivity contribution in [3.05, 3.63) is 44.2 Å². The van der Waals surface area contributed by atoms with Crippen LogP contribution in [0.5, 0.6) is 0 Å². The summed E-state index contributed by atoms with van der Waals surface area (Å²) in [5.41, 5.74) is 0.933. The van der Waals surface area contributed by atoms with Crippen molar-refractivity contribution in [1.82, 2.24) is 5.32 Å². The zero-order chi connectivity index (χ0) is 13.8. The summed E-state index contributed by atoms with van der Waals surface area (Å²) >= 11 is 19.9. The van der Waals surface area contributed by atoms with Crippen LogP contribution in [0.1, 0.15) is 18.2 Å². The first-order chi connectivity index (χ1) is 9.11. The number of hydrogen-bond donors (Lipinski definition) is 1. The van der Waals surface area contributed by atoms with Crippen molar-refractivity contribution in [1.29, 1.82) is 0 Å². The van der Waals surface area contributed by atoms with Crippen LogP contribution in [-0.2, 0) is 6.54 Å². The number of rotatable bonds is 5. The summed E-state index contributed by atoms with van der Waals surface area (Å²) in [6, 6.07) is 7.69. The highest BCUT2D eigenvalue weighted by molar-refractivity contribution is 7.15. The van der Waals surface area contributed by atoms with Crippen LogP contribution in [0, 0.1) is 0 Å². The third-order valence-corrected chi connectivity index (χ3v) is 4.82. The molecule has 19 heavy (non-hydrogen) atoms. The van der Waals surface area contributed by atoms with E-state index in [1.807, 2.05) is 6.07 Å². The van der Waals surface area contributed by atoms with Crippen molar-refractivity contribution in [2.45, 2.75) is 19.9 Å². The van der Waals surface area contributed by atoms with Crippen molar-refractivity contribution in [3.63, 3.8) is 0 Å². The molecule has 0 radical (unpaired) electrons. The minimum Gasteiger partial charge on any atom is -0.312 e. The molecule has 0 atom stereocenters. The molecule has 1 nitrogen and oxygen atoms in total. The fraction of sp³-hybridized carbons (Fsp3) is 0.286. The van der Waals surface area contributed by atoms with E-state index in [1.54, 1.807) is 17.4 Å². The molecule has 5 heteroatoms. The smallest absolute Gasteiger partial charge is 0.0607 e. The third-order valence-electron chi connectivity index (χ3n) is 2.66. The lowest BCUT2D eigenvalue weighted by Crippen LogP contribution is -2.12. The van der Waals surface area contributed by atoms with E-state index in [2.05, 4.69) is 24.4 Å². The minimum absolute atomic E-state index is 0.483. The monoisotopic (exact) mass is 333 g/mol. The Hall–Kier alpha value is -0.250. The lowest BCUT2D eigenvalue weighted by molar-refractivity contribution is 0.681. The topological polar surface area (TPSA) is 12.0 Å². The molecular weight excluding hydrogens is 321 g/mol. The fourth-order valence-electron chi connectivity index (χ4n) is 1.72. The minimum atomic E-state index is 0.483. The number of nitrogens with one attached hydrogen (secondary N) is 1. The van der Waals surface area contributed by atoms with Crippen LogP contribution in [0.4, 0.5) is 0 Å². The van der Waals surface area contributed by atoms with Crippen molar-refractivity contribution in [3.8, 4) is 10.4 Å². The second kappa shape index (κ2) is 6.96. The maximum atomic E-state index is 6.22. The highest BCUT2D eigenvalue weighted by Gasteiger charge is 2.10. The summed E-state index contributed by atoms with van der Waals surface area (Å²) in [6.07, 6.45) is 1.14. The third kappa shape index (κ3) is 3.87. The molecule has 0 aliphatic carbocycles. The van der Waals surface area contributed by atoms with Gasteiger partial charge in [0.15, 0.2) is 0 Å². The van der Waals surface area contributed by atoms with Gasteiger partial charge in [-0.3, -0.25) is 0 Å². The lowest BCUT2D eigenvalue weighted by Gasteiger charge is -2.04. The molecular formula is C14H14Cl3NS. The average molecular weight is 335 g/mol. The molecule has 0 aliphatic heterocycles. The van der Waals surface area contributed by atoms with E-state index in [0.717, 1.165) is 30.0 Å². The summed E-state index contributed by atoms with van der Waals surface area (Å²) in [5.74, 6) is 0. The van der Waals surface area contributed by atoms with E-state index in [-0.39, 0.29) is 0 Å². The van der Waals surface area contributed by atoms with E-state index in [9.17, 15) is 0 Å². The van der Waals surface area contributed by atoms with Gasteiger partial charge in [-0.05, 0) is 37.2 Å². The van der Waals surface area contributed by atoms with Crippen LogP contribution in [0.2, 0.25) is 15.1 Å². The van der Waals surface area contributed by atoms with Gasteiger partial charge in [-0.2, -0.15) is 0 Å². The van der Waals surface area contributed by atoms with Crippen molar-refractivity contribution in [2.24, 2.45) is 0 Å². The molecule has 0 unspecified atom stereocenters. The van der Waals surface area contributed by atoms with Crippen LogP contribution >= 0.6 is 46.1 Å². The van der Waals surface area contributed by atoms with Crippen LogP contribution in [0.3, 0.4) is 0 Å². The zero-order valence-corrected chi connectivity index (χ0v) is 13.6. The Balaban J connectivity index is 2.20. The number of benzene rings is 1. The summed E-state index contributed by atoms with van der Waals surface area (Å²) < 4.78 is 0. The molecule has 1 heterocycles. The Bertz CT molecular complexity index is 566. The molecule has 0 bridgehead atoms. The molecule has 0 spiro atoms. The van der Waals surface area contributed by atoms with Gasteiger partial charge in [0.05, 0.1) is 15.1 Å². The highest BCUT2D eigenvalue weighted by atomic mass is 35.5. The first-order valence-electron chi connectivity index (χ1n) is 6.06. The van der Waals surface area contributed by atoms with E-state index in [4.69, 9.17) is 34.8 Å². The van der Waals surface area contributed by atoms with Crippen LogP contribution in [0.25, 0.3) is 10.4 Å². The molecule has 0 saturated heterocycles. The Labute approximate surface area is 132 Å². The van der Waals surface area contributed by atoms with Crippen LogP contribution in [-0.4, -0.2) is 6.54 Å². The molecule has 1 aromatic carbocycles. The molecule has 2 rings (SSSR count). The summed E-state index contributed by atoms with van der Waals surface area (Å²) in [7, 11) is 0. The van der Waals surface area contributed by atoms with Gasteiger partial charge in [0, 0.05) is 21.9 Å². The number of hydrogen-bond acceptors (Lipinski definition) is 2. The molecule has 0 aliphatic rings. The van der Waals surface area contributed by atoms with Crippen molar-refractivity contribution in [2.75, 3.05) is 6.54 Å². The quantitative estimate of drug-likeness (QED) is 0.532. The van der Waals surface area contributed by atoms with Crippen molar-refractivity contribution < 1.29 is 0 Å². The van der Waals surface area contributed by atoms with E-state index in [0.29, 0.717) is 15.1 Å². The predicted molar refractivity (Wildman–Crippen MR) is 86.8 cm³/mol. The molecule has 1 N–H and O–H groups in total. The number of halogens is 3. The highest BCUT2D eigenvalue weighted by Crippen LogP contribution is 2.38. The van der Waals surface area contributed by atoms with Gasteiger partial charge < -0.3 is 5.32 Å². The summed E-state index contributed by atoms with van der Waals surface area (Å²) in [5, 5.41) is 5.02. The SMILES string of the molecule is CCCNCc1ccc(-c2cc(Cl)c(Cl)cc2Cl)s1. The van der Waals surface area contributed by atoms with Gasteiger partial charge >= 0.3 is 0 Å². The van der Waals surface area contributed by atoms with E-state index < -0.39 is 0 Å². The largest absolute Gasteiger partial charge is 0.312 e. The normalized spacial score (nSPS) is 10.9. The predicted octanol–water partition coefficient (Wildman–Crippen LogP) is 5.87. The zero-order valence-electron chi connectivity index (χ0n) is 10.5. The fourth-order valence-corrected chi connectivity index (χ4v) is 3.43.